The van der Waals surface area contributed by atoms with Crippen molar-refractivity contribution in [2.45, 2.75) is 37.4 Å². The first-order valence-corrected chi connectivity index (χ1v) is 11.5. The number of fused-ring (bicyclic) bond motifs is 2. The minimum Gasteiger partial charge on any atom is -0.369 e. The number of rotatable bonds is 4. The summed E-state index contributed by atoms with van der Waals surface area (Å²) in [4.78, 5) is 8.38. The minimum absolute atomic E-state index is 0.0160. The van der Waals surface area contributed by atoms with E-state index >= 15 is 0 Å². The van der Waals surface area contributed by atoms with Gasteiger partial charge in [-0.05, 0) is 56.6 Å². The fourth-order valence-corrected chi connectivity index (χ4v) is 6.17. The maximum atomic E-state index is 14.6. The van der Waals surface area contributed by atoms with Crippen molar-refractivity contribution in [3.8, 4) is 6.07 Å². The van der Waals surface area contributed by atoms with Crippen molar-refractivity contribution in [1.82, 2.24) is 24.6 Å². The van der Waals surface area contributed by atoms with Crippen LogP contribution in [0.2, 0.25) is 0 Å². The van der Waals surface area contributed by atoms with E-state index in [4.69, 9.17) is 0 Å². The Bertz CT molecular complexity index is 1320. The quantitative estimate of drug-likeness (QED) is 0.585. The average Bonchev–Trinajstić information content (AvgIpc) is 3.21. The summed E-state index contributed by atoms with van der Waals surface area (Å²) in [6.45, 7) is 2.61. The molecule has 1 aliphatic carbocycles. The van der Waals surface area contributed by atoms with Gasteiger partial charge in [-0.15, -0.1) is 10.2 Å². The van der Waals surface area contributed by atoms with Crippen molar-refractivity contribution in [3.63, 3.8) is 0 Å². The van der Waals surface area contributed by atoms with Crippen LogP contribution < -0.4 is 4.90 Å². The molecule has 2 saturated heterocycles. The summed E-state index contributed by atoms with van der Waals surface area (Å²) in [7, 11) is 1.79. The zero-order valence-electron chi connectivity index (χ0n) is 18.8. The molecule has 2 atom stereocenters. The van der Waals surface area contributed by atoms with Crippen LogP contribution in [0, 0.1) is 16.7 Å². The molecule has 3 aromatic rings. The van der Waals surface area contributed by atoms with Gasteiger partial charge in [0.05, 0.1) is 28.5 Å². The number of halogens is 3. The molecule has 10 heteroatoms. The van der Waals surface area contributed by atoms with Gasteiger partial charge in [0.25, 0.3) is 0 Å². The van der Waals surface area contributed by atoms with E-state index in [1.165, 1.54) is 0 Å². The van der Waals surface area contributed by atoms with Crippen LogP contribution in [0.15, 0.2) is 30.5 Å². The van der Waals surface area contributed by atoms with Crippen LogP contribution in [0.5, 0.6) is 0 Å². The highest BCUT2D eigenvalue weighted by Gasteiger charge is 2.85. The van der Waals surface area contributed by atoms with E-state index in [9.17, 15) is 18.4 Å². The Hall–Kier alpha value is -3.19. The largest absolute Gasteiger partial charge is 0.397 e. The van der Waals surface area contributed by atoms with Crippen molar-refractivity contribution < 1.29 is 13.2 Å². The Morgan fingerprint density at radius 2 is 1.91 bits per heavy atom. The monoisotopic (exact) mass is 467 g/mol. The molecule has 3 aliphatic rings. The van der Waals surface area contributed by atoms with Gasteiger partial charge in [-0.3, -0.25) is 9.88 Å². The molecule has 0 amide bonds. The molecule has 3 fully saturated rings. The molecule has 176 valence electrons. The predicted molar refractivity (Wildman–Crippen MR) is 119 cm³/mol. The molecule has 4 heterocycles. The lowest BCUT2D eigenvalue weighted by Gasteiger charge is -2.25. The Morgan fingerprint density at radius 3 is 2.65 bits per heavy atom. The summed E-state index contributed by atoms with van der Waals surface area (Å²) in [5, 5.41) is 18.8. The summed E-state index contributed by atoms with van der Waals surface area (Å²) >= 11 is 0. The Kier molecular flexibility index (Phi) is 4.49. The molecule has 1 saturated carbocycles. The van der Waals surface area contributed by atoms with Crippen LogP contribution in [0.4, 0.5) is 18.9 Å². The number of hydrogen-bond acceptors (Lipinski definition) is 6. The number of anilines is 1. The Morgan fingerprint density at radius 1 is 1.12 bits per heavy atom. The highest BCUT2D eigenvalue weighted by molar-refractivity contribution is 5.95. The summed E-state index contributed by atoms with van der Waals surface area (Å²) in [6.07, 6.45) is -0.497. The molecule has 7 nitrogen and oxygen atoms in total. The third-order valence-corrected chi connectivity index (χ3v) is 8.02. The molecular formula is C24H24F3N7. The fraction of sp³-hybridized carbons (Fsp3) is 0.500. The zero-order chi connectivity index (χ0) is 23.7. The van der Waals surface area contributed by atoms with Gasteiger partial charge in [0.15, 0.2) is 0 Å². The third-order valence-electron chi connectivity index (χ3n) is 8.02. The van der Waals surface area contributed by atoms with Crippen LogP contribution in [0.1, 0.15) is 36.5 Å². The number of nitriles is 1. The van der Waals surface area contributed by atoms with E-state index in [0.29, 0.717) is 40.3 Å². The second-order valence-corrected chi connectivity index (χ2v) is 9.82. The van der Waals surface area contributed by atoms with E-state index in [0.717, 1.165) is 25.9 Å². The van der Waals surface area contributed by atoms with Gasteiger partial charge in [0.2, 0.25) is 0 Å². The molecule has 0 N–H and O–H groups in total. The van der Waals surface area contributed by atoms with Gasteiger partial charge in [-0.25, -0.2) is 0 Å². The number of alkyl halides is 3. The van der Waals surface area contributed by atoms with Crippen LogP contribution in [0.25, 0.3) is 10.9 Å². The van der Waals surface area contributed by atoms with Crippen molar-refractivity contribution in [1.29, 1.82) is 5.26 Å². The highest BCUT2D eigenvalue weighted by Crippen LogP contribution is 2.75. The third kappa shape index (κ3) is 2.83. The summed E-state index contributed by atoms with van der Waals surface area (Å²) < 4.78 is 45.5. The number of piperidine rings is 1. The Labute approximate surface area is 194 Å². The zero-order valence-corrected chi connectivity index (χ0v) is 18.8. The van der Waals surface area contributed by atoms with E-state index in [1.807, 2.05) is 6.07 Å². The number of nitrogens with zero attached hydrogens (tertiary/aromatic N) is 7. The van der Waals surface area contributed by atoms with Crippen molar-refractivity contribution in [2.24, 2.45) is 12.5 Å². The summed E-state index contributed by atoms with van der Waals surface area (Å²) in [5.41, 5.74) is -1.43. The van der Waals surface area contributed by atoms with Gasteiger partial charge in [-0.1, -0.05) is 0 Å². The van der Waals surface area contributed by atoms with Gasteiger partial charge in [-0.2, -0.15) is 18.4 Å². The van der Waals surface area contributed by atoms with E-state index in [1.54, 1.807) is 40.9 Å². The minimum atomic E-state index is -4.37. The molecule has 2 aliphatic heterocycles. The van der Waals surface area contributed by atoms with Gasteiger partial charge in [0, 0.05) is 37.4 Å². The number of benzene rings is 1. The SMILES string of the molecule is Cn1c(CN2CCCC2)nnc1[C@]12CN(c3ccc(C#N)c4ncccc34)C[C@@]1(C(F)(F)F)C2. The lowest BCUT2D eigenvalue weighted by molar-refractivity contribution is -0.186. The van der Waals surface area contributed by atoms with Crippen LogP contribution in [-0.2, 0) is 19.0 Å². The van der Waals surface area contributed by atoms with Crippen molar-refractivity contribution in [2.75, 3.05) is 31.1 Å². The van der Waals surface area contributed by atoms with E-state index < -0.39 is 17.0 Å². The smallest absolute Gasteiger partial charge is 0.369 e. The van der Waals surface area contributed by atoms with Crippen LogP contribution in [-0.4, -0.2) is 57.0 Å². The topological polar surface area (TPSA) is 73.9 Å². The molecule has 0 unspecified atom stereocenters. The van der Waals surface area contributed by atoms with Crippen LogP contribution in [0.3, 0.4) is 0 Å². The molecule has 1 aromatic carbocycles. The molecule has 2 aromatic heterocycles. The van der Waals surface area contributed by atoms with Crippen LogP contribution >= 0.6 is 0 Å². The maximum absolute atomic E-state index is 14.6. The maximum Gasteiger partial charge on any atom is 0.397 e. The normalized spacial score (nSPS) is 26.7. The van der Waals surface area contributed by atoms with Crippen molar-refractivity contribution >= 4 is 16.6 Å². The first-order valence-electron chi connectivity index (χ1n) is 11.5. The predicted octanol–water partition coefficient (Wildman–Crippen LogP) is 3.54. The van der Waals surface area contributed by atoms with Gasteiger partial charge < -0.3 is 9.47 Å². The van der Waals surface area contributed by atoms with E-state index in [2.05, 4.69) is 26.2 Å². The number of aromatic nitrogens is 4. The first-order chi connectivity index (χ1) is 16.3. The molecule has 6 rings (SSSR count). The lowest BCUT2D eigenvalue weighted by Crippen LogP contribution is -2.34. The fourth-order valence-electron chi connectivity index (χ4n) is 6.17. The molecule has 34 heavy (non-hydrogen) atoms. The molecular weight excluding hydrogens is 443 g/mol. The highest BCUT2D eigenvalue weighted by atomic mass is 19.4. The molecule has 0 radical (unpaired) electrons. The number of pyridine rings is 1. The molecule has 0 spiro atoms. The lowest BCUT2D eigenvalue weighted by atomic mass is 9.94. The van der Waals surface area contributed by atoms with E-state index in [-0.39, 0.29) is 19.5 Å². The first kappa shape index (κ1) is 21.4. The summed E-state index contributed by atoms with van der Waals surface area (Å²) in [5.74, 6) is 1.12. The average molecular weight is 467 g/mol. The van der Waals surface area contributed by atoms with Gasteiger partial charge in [0.1, 0.15) is 17.7 Å². The second-order valence-electron chi connectivity index (χ2n) is 9.82. The number of hydrogen-bond donors (Lipinski definition) is 0. The summed E-state index contributed by atoms with van der Waals surface area (Å²) in [6, 6.07) is 9.05. The van der Waals surface area contributed by atoms with Gasteiger partial charge >= 0.3 is 6.18 Å². The number of likely N-dealkylation sites (tertiary alicyclic amines) is 1. The molecule has 0 bridgehead atoms. The second kappa shape index (κ2) is 7.15. The standard InChI is InChI=1S/C24H24F3N7/c1-32-19(12-33-9-2-3-10-33)30-31-21(32)22-13-23(22,24(25,26)27)15-34(14-22)18-7-6-16(11-28)20-17(18)5-4-8-29-20/h4-8H,2-3,9-10,12-15H2,1H3/t22-,23-/m0/s1. The van der Waals surface area contributed by atoms with Crippen molar-refractivity contribution in [3.05, 3.63) is 47.7 Å². The Balaban J connectivity index is 1.40.